The summed E-state index contributed by atoms with van der Waals surface area (Å²) in [4.78, 5) is 0. The fraction of sp³-hybridized carbons (Fsp3) is 0.650. The number of aliphatic hydroxyl groups excluding tert-OH is 6. The lowest BCUT2D eigenvalue weighted by Gasteiger charge is -2.46. The maximum Gasteiger partial charge on any atom is 0.187 e. The van der Waals surface area contributed by atoms with E-state index in [2.05, 4.69) is 23.0 Å². The number of methoxy groups -OCH3 is 1. The van der Waals surface area contributed by atoms with E-state index in [9.17, 15) is 35.7 Å². The third kappa shape index (κ3) is 5.28. The molecule has 1 aromatic rings. The largest absolute Gasteiger partial charge is 0.508 e. The lowest BCUT2D eigenvalue weighted by molar-refractivity contribution is -0.344. The van der Waals surface area contributed by atoms with Gasteiger partial charge < -0.3 is 60.0 Å². The summed E-state index contributed by atoms with van der Waals surface area (Å²) >= 11 is 4.67. The number of phenolic OH excluding ortho intramolecular Hbond substituents is 1. The van der Waals surface area contributed by atoms with E-state index < -0.39 is 74.4 Å². The van der Waals surface area contributed by atoms with Crippen molar-refractivity contribution >= 4 is 23.4 Å². The minimum Gasteiger partial charge on any atom is -0.508 e. The molecule has 33 heavy (non-hydrogen) atoms. The van der Waals surface area contributed by atoms with E-state index in [1.165, 1.54) is 25.3 Å². The van der Waals surface area contributed by atoms with Crippen molar-refractivity contribution in [2.45, 2.75) is 61.2 Å². The van der Waals surface area contributed by atoms with Gasteiger partial charge in [-0.05, 0) is 18.2 Å². The van der Waals surface area contributed by atoms with Crippen molar-refractivity contribution in [2.75, 3.05) is 25.6 Å². The highest BCUT2D eigenvalue weighted by Crippen LogP contribution is 2.39. The highest BCUT2D eigenvalue weighted by atomic mass is 32.1. The molecule has 8 N–H and O–H groups in total. The van der Waals surface area contributed by atoms with Crippen LogP contribution < -0.4 is 5.32 Å². The molecule has 2 aliphatic heterocycles. The third-order valence-corrected chi connectivity index (χ3v) is 5.88. The summed E-state index contributed by atoms with van der Waals surface area (Å²) in [6, 6.07) is 4.15. The lowest BCUT2D eigenvalue weighted by atomic mass is 9.90. The lowest BCUT2D eigenvalue weighted by Crippen LogP contribution is -2.63. The molecule has 13 heteroatoms. The fourth-order valence-corrected chi connectivity index (χ4v) is 4.18. The number of rotatable bonds is 8. The quantitative estimate of drug-likeness (QED) is 0.110. The van der Waals surface area contributed by atoms with Crippen molar-refractivity contribution in [1.29, 1.82) is 0 Å². The molecule has 2 fully saturated rings. The van der Waals surface area contributed by atoms with Gasteiger partial charge in [0.1, 0.15) is 66.2 Å². The molecular weight excluding hydrogens is 462 g/mol. The highest BCUT2D eigenvalue weighted by Gasteiger charge is 2.51. The summed E-state index contributed by atoms with van der Waals surface area (Å²) in [5, 5.41) is 74.1. The van der Waals surface area contributed by atoms with E-state index >= 15 is 0 Å². The Kier molecular flexibility index (Phi) is 8.94. The molecule has 2 heterocycles. The molecule has 0 aliphatic carbocycles. The minimum absolute atomic E-state index is 0.137. The number of anilines is 1. The molecular formula is C20H28NO11S. The van der Waals surface area contributed by atoms with Gasteiger partial charge in [-0.2, -0.15) is 0 Å². The average molecular weight is 491 g/mol. The summed E-state index contributed by atoms with van der Waals surface area (Å²) in [5.41, 5.74) is 2.90. The van der Waals surface area contributed by atoms with Crippen molar-refractivity contribution in [2.24, 2.45) is 0 Å². The number of aromatic hydroxyl groups is 1. The Morgan fingerprint density at radius 1 is 0.970 bits per heavy atom. The second-order valence-corrected chi connectivity index (χ2v) is 7.97. The Balaban J connectivity index is 1.84. The first-order valence-electron chi connectivity index (χ1n) is 10.2. The topological polar surface area (TPSA) is 191 Å². The van der Waals surface area contributed by atoms with E-state index in [0.29, 0.717) is 5.69 Å². The third-order valence-electron chi connectivity index (χ3n) is 5.78. The summed E-state index contributed by atoms with van der Waals surface area (Å²) in [6.07, 6.45) is -13.7. The van der Waals surface area contributed by atoms with E-state index in [4.69, 9.17) is 18.9 Å². The zero-order valence-electron chi connectivity index (χ0n) is 17.6. The van der Waals surface area contributed by atoms with Gasteiger partial charge in [0, 0.05) is 18.4 Å². The normalized spacial score (nSPS) is 39.2. The predicted octanol–water partition coefficient (Wildman–Crippen LogP) is -2.37. The Labute approximate surface area is 194 Å². The second kappa shape index (κ2) is 11.3. The molecule has 0 spiro atoms. The van der Waals surface area contributed by atoms with Crippen LogP contribution >= 0.6 is 12.2 Å². The predicted molar refractivity (Wildman–Crippen MR) is 114 cm³/mol. The number of thiocarbonyl (C=S) groups is 1. The molecule has 185 valence electrons. The van der Waals surface area contributed by atoms with Gasteiger partial charge >= 0.3 is 0 Å². The maximum absolute atomic E-state index is 10.8. The van der Waals surface area contributed by atoms with Crippen molar-refractivity contribution in [3.05, 3.63) is 23.8 Å². The van der Waals surface area contributed by atoms with Gasteiger partial charge in [-0.25, -0.2) is 0 Å². The zero-order chi connectivity index (χ0) is 24.3. The van der Waals surface area contributed by atoms with Gasteiger partial charge in [-0.1, -0.05) is 12.2 Å². The molecule has 3 rings (SSSR count). The first kappa shape index (κ1) is 26.1. The molecule has 1 radical (unpaired) electrons. The molecule has 2 aliphatic rings. The van der Waals surface area contributed by atoms with Crippen LogP contribution in [0.3, 0.4) is 0 Å². The molecule has 2 saturated heterocycles. The van der Waals surface area contributed by atoms with Gasteiger partial charge in [0.15, 0.2) is 6.29 Å². The fourth-order valence-electron chi connectivity index (χ4n) is 4.07. The summed E-state index contributed by atoms with van der Waals surface area (Å²) in [7, 11) is 1.25. The first-order chi connectivity index (χ1) is 15.8. The van der Waals surface area contributed by atoms with Crippen LogP contribution in [0.5, 0.6) is 5.75 Å². The van der Waals surface area contributed by atoms with Crippen molar-refractivity contribution < 1.29 is 54.7 Å². The van der Waals surface area contributed by atoms with E-state index in [-0.39, 0.29) is 11.3 Å². The maximum atomic E-state index is 10.8. The van der Waals surface area contributed by atoms with Gasteiger partial charge in [0.05, 0.1) is 13.2 Å². The van der Waals surface area contributed by atoms with Crippen molar-refractivity contribution in [3.63, 3.8) is 0 Å². The summed E-state index contributed by atoms with van der Waals surface area (Å²) in [6.45, 7) is -1.25. The number of phenols is 1. The number of hydrogen-bond acceptors (Lipinski definition) is 12. The standard InChI is InChI=1S/C20H28NO11S/c1-29-19-13(25)11(5-22)31-20(16(19)28)32-18-12(6-23)30-17(14(26)15(18)27)9-4-8(24)2-3-10(9)21-7-33/h2-4,11-20,22-28H,5-6H2,1H3,(H,21,33)/t11-,12-,13+,14-,15-,16-,17+,18-,19+,20+/m1/s1. The number of nitrogens with one attached hydrogen (secondary N) is 1. The van der Waals surface area contributed by atoms with Crippen LogP contribution in [0, 0.1) is 0 Å². The number of ether oxygens (including phenoxy) is 4. The van der Waals surface area contributed by atoms with Crippen LogP contribution in [-0.2, 0) is 18.9 Å². The molecule has 0 unspecified atom stereocenters. The molecule has 0 bridgehead atoms. The van der Waals surface area contributed by atoms with Gasteiger partial charge in [-0.3, -0.25) is 0 Å². The molecule has 0 saturated carbocycles. The first-order valence-corrected chi connectivity index (χ1v) is 10.6. The SMILES string of the molecule is CO[C@H]1[C@@H](O)[C@@H](CO)O[C@@H](O[C@H]2[C@H](O)[C@@H](O)[C@H](c3cc(O)ccc3N[C]=S)O[C@@H]2CO)[C@@H]1O. The molecule has 0 amide bonds. The van der Waals surface area contributed by atoms with Gasteiger partial charge in [0.25, 0.3) is 0 Å². The van der Waals surface area contributed by atoms with E-state index in [1.807, 2.05) is 0 Å². The second-order valence-electron chi connectivity index (χ2n) is 7.77. The Bertz CT molecular complexity index is 799. The summed E-state index contributed by atoms with van der Waals surface area (Å²) < 4.78 is 21.9. The Hall–Kier alpha value is -1.49. The number of benzene rings is 1. The minimum atomic E-state index is -1.64. The number of hydrogen-bond donors (Lipinski definition) is 8. The van der Waals surface area contributed by atoms with Crippen LogP contribution in [0.4, 0.5) is 5.69 Å². The van der Waals surface area contributed by atoms with Crippen LogP contribution in [0.25, 0.3) is 0 Å². The molecule has 0 aromatic heterocycles. The Morgan fingerprint density at radius 3 is 2.27 bits per heavy atom. The van der Waals surface area contributed by atoms with E-state index in [1.54, 1.807) is 0 Å². The van der Waals surface area contributed by atoms with Crippen LogP contribution in [0.2, 0.25) is 0 Å². The average Bonchev–Trinajstić information content (AvgIpc) is 2.80. The molecule has 10 atom stereocenters. The van der Waals surface area contributed by atoms with Gasteiger partial charge in [0.2, 0.25) is 0 Å². The highest BCUT2D eigenvalue weighted by molar-refractivity contribution is 7.79. The Morgan fingerprint density at radius 2 is 1.67 bits per heavy atom. The van der Waals surface area contributed by atoms with Crippen LogP contribution in [-0.4, -0.2) is 117 Å². The number of aliphatic hydroxyl groups is 6. The van der Waals surface area contributed by atoms with Crippen LogP contribution in [0.1, 0.15) is 11.7 Å². The zero-order valence-corrected chi connectivity index (χ0v) is 18.4. The van der Waals surface area contributed by atoms with Crippen molar-refractivity contribution in [3.8, 4) is 5.75 Å². The van der Waals surface area contributed by atoms with Crippen molar-refractivity contribution in [1.82, 2.24) is 0 Å². The summed E-state index contributed by atoms with van der Waals surface area (Å²) in [5.74, 6) is -0.137. The monoisotopic (exact) mass is 490 g/mol. The van der Waals surface area contributed by atoms with Gasteiger partial charge in [-0.15, -0.1) is 0 Å². The molecule has 1 aromatic carbocycles. The van der Waals surface area contributed by atoms with E-state index in [0.717, 1.165) is 0 Å². The van der Waals surface area contributed by atoms with Crippen LogP contribution in [0.15, 0.2) is 18.2 Å². The molecule has 12 nitrogen and oxygen atoms in total. The smallest absolute Gasteiger partial charge is 0.187 e.